The number of nitrogens with one attached hydrogen (secondary N) is 1. The zero-order valence-corrected chi connectivity index (χ0v) is 10.4. The summed E-state index contributed by atoms with van der Waals surface area (Å²) >= 11 is 0. The molecule has 4 heteroatoms. The highest BCUT2D eigenvalue weighted by Crippen LogP contribution is 2.16. The van der Waals surface area contributed by atoms with Gasteiger partial charge >= 0.3 is 0 Å². The van der Waals surface area contributed by atoms with E-state index >= 15 is 0 Å². The number of dihydropyridines is 1. The third-order valence-electron chi connectivity index (χ3n) is 2.46. The molecule has 1 aliphatic heterocycles. The van der Waals surface area contributed by atoms with Crippen LogP contribution in [-0.4, -0.2) is 11.6 Å². The first-order chi connectivity index (χ1) is 8.56. The molecule has 92 valence electrons. The monoisotopic (exact) mass is 241 g/mol. The molecule has 0 amide bonds. The summed E-state index contributed by atoms with van der Waals surface area (Å²) in [6, 6.07) is 7.71. The van der Waals surface area contributed by atoms with Gasteiger partial charge in [-0.25, -0.2) is 4.99 Å². The van der Waals surface area contributed by atoms with E-state index in [0.717, 1.165) is 11.3 Å². The highest BCUT2D eigenvalue weighted by atomic mass is 16.5. The smallest absolute Gasteiger partial charge is 0.219 e. The Bertz CT molecular complexity index is 578. The molecule has 1 aromatic carbocycles. The molecule has 2 rings (SSSR count). The Kier molecular flexibility index (Phi) is 3.28. The van der Waals surface area contributed by atoms with E-state index in [1.165, 1.54) is 0 Å². The molecule has 0 unspecified atom stereocenters. The van der Waals surface area contributed by atoms with Gasteiger partial charge in [0.2, 0.25) is 5.90 Å². The van der Waals surface area contributed by atoms with E-state index in [4.69, 9.17) is 15.9 Å². The maximum atomic E-state index is 7.69. The third-order valence-corrected chi connectivity index (χ3v) is 2.46. The van der Waals surface area contributed by atoms with Crippen molar-refractivity contribution in [3.05, 3.63) is 53.4 Å². The first-order valence-electron chi connectivity index (χ1n) is 5.63. The molecular weight excluding hydrogens is 226 g/mol. The number of nitrogens with zero attached hydrogens (tertiary/aromatic N) is 1. The summed E-state index contributed by atoms with van der Waals surface area (Å²) in [5, 5.41) is 7.69. The molecule has 1 aliphatic rings. The van der Waals surface area contributed by atoms with Gasteiger partial charge in [0.1, 0.15) is 11.4 Å². The Morgan fingerprint density at radius 2 is 2.11 bits per heavy atom. The SMILES string of the molecule is C/C(N)=C1/N=C(Oc2cccc(C)c2)C=CC1=N. The van der Waals surface area contributed by atoms with Crippen molar-refractivity contribution in [2.75, 3.05) is 0 Å². The highest BCUT2D eigenvalue weighted by molar-refractivity contribution is 6.14. The summed E-state index contributed by atoms with van der Waals surface area (Å²) in [6.45, 7) is 3.72. The number of hydrogen-bond donors (Lipinski definition) is 2. The van der Waals surface area contributed by atoms with Gasteiger partial charge in [0.25, 0.3) is 0 Å². The number of nitrogens with two attached hydrogens (primary N) is 1. The lowest BCUT2D eigenvalue weighted by molar-refractivity contribution is 0.554. The van der Waals surface area contributed by atoms with Gasteiger partial charge in [0, 0.05) is 11.8 Å². The van der Waals surface area contributed by atoms with Gasteiger partial charge in [-0.3, -0.25) is 5.41 Å². The van der Waals surface area contributed by atoms with Gasteiger partial charge in [0.15, 0.2) is 0 Å². The average molecular weight is 241 g/mol. The molecule has 0 radical (unpaired) electrons. The quantitative estimate of drug-likeness (QED) is 0.793. The third kappa shape index (κ3) is 2.66. The molecule has 4 nitrogen and oxygen atoms in total. The molecule has 0 fully saturated rings. The van der Waals surface area contributed by atoms with E-state index < -0.39 is 0 Å². The zero-order valence-electron chi connectivity index (χ0n) is 10.4. The van der Waals surface area contributed by atoms with Crippen molar-refractivity contribution in [1.82, 2.24) is 0 Å². The number of ether oxygens (including phenoxy) is 1. The minimum atomic E-state index is 0.298. The molecule has 0 aromatic heterocycles. The molecule has 3 N–H and O–H groups in total. The summed E-state index contributed by atoms with van der Waals surface area (Å²) < 4.78 is 5.64. The van der Waals surface area contributed by atoms with E-state index in [0.29, 0.717) is 23.0 Å². The fourth-order valence-electron chi connectivity index (χ4n) is 1.60. The minimum Gasteiger partial charge on any atom is -0.439 e. The van der Waals surface area contributed by atoms with Crippen molar-refractivity contribution in [3.8, 4) is 5.75 Å². The Hall–Kier alpha value is -2.36. The van der Waals surface area contributed by atoms with Crippen LogP contribution in [0, 0.1) is 12.3 Å². The maximum Gasteiger partial charge on any atom is 0.219 e. The van der Waals surface area contributed by atoms with E-state index in [1.807, 2.05) is 31.2 Å². The number of benzene rings is 1. The van der Waals surface area contributed by atoms with Crippen LogP contribution < -0.4 is 10.5 Å². The van der Waals surface area contributed by atoms with Gasteiger partial charge in [-0.2, -0.15) is 0 Å². The summed E-state index contributed by atoms with van der Waals surface area (Å²) in [5.74, 6) is 1.16. The second-order valence-electron chi connectivity index (χ2n) is 4.15. The minimum absolute atomic E-state index is 0.298. The number of aryl methyl sites for hydroxylation is 1. The molecule has 0 spiro atoms. The van der Waals surface area contributed by atoms with Crippen LogP contribution in [-0.2, 0) is 0 Å². The molecule has 0 saturated heterocycles. The van der Waals surface area contributed by atoms with Crippen LogP contribution in [0.2, 0.25) is 0 Å². The molecule has 18 heavy (non-hydrogen) atoms. The van der Waals surface area contributed by atoms with Gasteiger partial charge in [0.05, 0.1) is 5.71 Å². The Balaban J connectivity index is 2.26. The molecule has 0 aliphatic carbocycles. The molecule has 0 saturated carbocycles. The largest absolute Gasteiger partial charge is 0.439 e. The summed E-state index contributed by atoms with van der Waals surface area (Å²) in [5.41, 5.74) is 8.06. The van der Waals surface area contributed by atoms with Crippen LogP contribution in [0.5, 0.6) is 5.75 Å². The zero-order chi connectivity index (χ0) is 13.1. The van der Waals surface area contributed by atoms with Crippen LogP contribution in [0.25, 0.3) is 0 Å². The van der Waals surface area contributed by atoms with E-state index in [1.54, 1.807) is 19.1 Å². The summed E-state index contributed by atoms with van der Waals surface area (Å²) in [6.07, 6.45) is 3.29. The lowest BCUT2D eigenvalue weighted by Gasteiger charge is -2.12. The fourth-order valence-corrected chi connectivity index (χ4v) is 1.60. The van der Waals surface area contributed by atoms with Crippen molar-refractivity contribution in [3.63, 3.8) is 0 Å². The number of allylic oxidation sites excluding steroid dienone is 2. The second-order valence-corrected chi connectivity index (χ2v) is 4.15. The maximum absolute atomic E-state index is 7.69. The van der Waals surface area contributed by atoms with Gasteiger partial charge in [-0.15, -0.1) is 0 Å². The lowest BCUT2D eigenvalue weighted by Crippen LogP contribution is -2.15. The number of hydrogen-bond acceptors (Lipinski definition) is 4. The normalized spacial score (nSPS) is 17.4. The Labute approximate surface area is 106 Å². The Morgan fingerprint density at radius 1 is 1.33 bits per heavy atom. The Morgan fingerprint density at radius 3 is 2.78 bits per heavy atom. The summed E-state index contributed by atoms with van der Waals surface area (Å²) in [4.78, 5) is 4.22. The topological polar surface area (TPSA) is 71.5 Å². The van der Waals surface area contributed by atoms with Gasteiger partial charge < -0.3 is 10.5 Å². The van der Waals surface area contributed by atoms with E-state index in [9.17, 15) is 0 Å². The van der Waals surface area contributed by atoms with Crippen LogP contribution in [0.3, 0.4) is 0 Å². The van der Waals surface area contributed by atoms with Crippen molar-refractivity contribution in [2.24, 2.45) is 10.7 Å². The molecule has 1 aromatic rings. The number of rotatable bonds is 1. The predicted molar refractivity (Wildman–Crippen MR) is 73.0 cm³/mol. The fraction of sp³-hybridized carbons (Fsp3) is 0.143. The van der Waals surface area contributed by atoms with Crippen molar-refractivity contribution < 1.29 is 4.74 Å². The first-order valence-corrected chi connectivity index (χ1v) is 5.63. The van der Waals surface area contributed by atoms with E-state index in [2.05, 4.69) is 4.99 Å². The standard InChI is InChI=1S/C14H15N3O/c1-9-4-3-5-11(8-9)18-13-7-6-12(16)14(17-13)10(2)15/h3-8,16H,15H2,1-2H3/b14-10-,16-12?. The summed E-state index contributed by atoms with van der Waals surface area (Å²) in [7, 11) is 0. The lowest BCUT2D eigenvalue weighted by atomic mass is 10.2. The highest BCUT2D eigenvalue weighted by Gasteiger charge is 2.12. The van der Waals surface area contributed by atoms with Crippen LogP contribution in [0.4, 0.5) is 0 Å². The van der Waals surface area contributed by atoms with Gasteiger partial charge in [-0.1, -0.05) is 12.1 Å². The molecule has 0 bridgehead atoms. The van der Waals surface area contributed by atoms with Crippen LogP contribution in [0.1, 0.15) is 12.5 Å². The second kappa shape index (κ2) is 4.87. The van der Waals surface area contributed by atoms with Crippen LogP contribution >= 0.6 is 0 Å². The first kappa shape index (κ1) is 12.1. The molecule has 1 heterocycles. The van der Waals surface area contributed by atoms with Gasteiger partial charge in [-0.05, 0) is 37.6 Å². The van der Waals surface area contributed by atoms with E-state index in [-0.39, 0.29) is 0 Å². The van der Waals surface area contributed by atoms with Crippen molar-refractivity contribution in [1.29, 1.82) is 5.41 Å². The average Bonchev–Trinajstić information content (AvgIpc) is 2.31. The van der Waals surface area contributed by atoms with Crippen LogP contribution in [0.15, 0.2) is 52.8 Å². The molecular formula is C14H15N3O. The number of aliphatic imine (C=N–C) groups is 1. The van der Waals surface area contributed by atoms with Crippen molar-refractivity contribution in [2.45, 2.75) is 13.8 Å². The van der Waals surface area contributed by atoms with Crippen molar-refractivity contribution >= 4 is 11.6 Å². The predicted octanol–water partition coefficient (Wildman–Crippen LogP) is 2.55. The molecule has 0 atom stereocenters.